The van der Waals surface area contributed by atoms with Crippen molar-refractivity contribution in [3.8, 4) is 5.75 Å². The highest BCUT2D eigenvalue weighted by atomic mass is 19.1. The van der Waals surface area contributed by atoms with Crippen molar-refractivity contribution in [1.82, 2.24) is 9.47 Å². The third kappa shape index (κ3) is 3.75. The van der Waals surface area contributed by atoms with Crippen LogP contribution in [0.25, 0.3) is 11.1 Å². The number of aliphatic hydroxyl groups is 1. The minimum absolute atomic E-state index is 0.280. The van der Waals surface area contributed by atoms with Gasteiger partial charge < -0.3 is 19.2 Å². The van der Waals surface area contributed by atoms with Crippen LogP contribution >= 0.6 is 0 Å². The number of likely N-dealkylation sites (tertiary alicyclic amines) is 1. The molecule has 7 heteroatoms. The summed E-state index contributed by atoms with van der Waals surface area (Å²) in [7, 11) is 0. The number of para-hydroxylation sites is 2. The van der Waals surface area contributed by atoms with E-state index < -0.39 is 6.10 Å². The Bertz CT molecular complexity index is 1080. The van der Waals surface area contributed by atoms with Gasteiger partial charge in [-0.3, -0.25) is 4.57 Å². The number of hydrogen-bond donors (Lipinski definition) is 1. The maximum Gasteiger partial charge on any atom is 0.419 e. The van der Waals surface area contributed by atoms with Crippen LogP contribution in [0.2, 0.25) is 0 Å². The Kier molecular flexibility index (Phi) is 5.08. The molecule has 0 spiro atoms. The van der Waals surface area contributed by atoms with Crippen LogP contribution in [0.4, 0.5) is 4.39 Å². The van der Waals surface area contributed by atoms with E-state index in [1.807, 2.05) is 18.2 Å². The Labute approximate surface area is 173 Å². The van der Waals surface area contributed by atoms with Crippen molar-refractivity contribution >= 4 is 11.1 Å². The van der Waals surface area contributed by atoms with Crippen LogP contribution in [0.5, 0.6) is 5.75 Å². The summed E-state index contributed by atoms with van der Waals surface area (Å²) in [5, 5.41) is 10.6. The van der Waals surface area contributed by atoms with E-state index in [2.05, 4.69) is 4.90 Å². The Morgan fingerprint density at radius 1 is 1.03 bits per heavy atom. The Balaban J connectivity index is 1.21. The van der Waals surface area contributed by atoms with Gasteiger partial charge >= 0.3 is 5.76 Å². The highest BCUT2D eigenvalue weighted by Crippen LogP contribution is 2.38. The summed E-state index contributed by atoms with van der Waals surface area (Å²) in [5.74, 6) is 0.820. The van der Waals surface area contributed by atoms with Gasteiger partial charge in [-0.05, 0) is 61.1 Å². The van der Waals surface area contributed by atoms with Crippen molar-refractivity contribution in [3.63, 3.8) is 0 Å². The molecule has 1 saturated carbocycles. The maximum atomic E-state index is 13.1. The van der Waals surface area contributed by atoms with Gasteiger partial charge in [0.2, 0.25) is 0 Å². The SMILES string of the molecule is O=c1oc2ccccc2n1CCN1C[C@H]2C[C@@H](Oc3ccc(F)cc3)[C@H](O)C[C@H]2C1. The topological polar surface area (TPSA) is 67.8 Å². The van der Waals surface area contributed by atoms with Crippen molar-refractivity contribution in [2.24, 2.45) is 11.8 Å². The molecule has 1 saturated heterocycles. The fourth-order valence-corrected chi connectivity index (χ4v) is 4.95. The predicted octanol–water partition coefficient (Wildman–Crippen LogP) is 2.88. The monoisotopic (exact) mass is 412 g/mol. The molecule has 1 N–H and O–H groups in total. The van der Waals surface area contributed by atoms with E-state index in [1.165, 1.54) is 12.1 Å². The van der Waals surface area contributed by atoms with E-state index in [-0.39, 0.29) is 17.7 Å². The lowest BCUT2D eigenvalue weighted by molar-refractivity contribution is -0.0231. The molecule has 0 radical (unpaired) electrons. The van der Waals surface area contributed by atoms with Crippen LogP contribution in [0, 0.1) is 17.7 Å². The van der Waals surface area contributed by atoms with Crippen LogP contribution in [-0.2, 0) is 6.54 Å². The van der Waals surface area contributed by atoms with E-state index >= 15 is 0 Å². The lowest BCUT2D eigenvalue weighted by atomic mass is 9.78. The first-order valence-corrected chi connectivity index (χ1v) is 10.5. The number of oxazole rings is 1. The van der Waals surface area contributed by atoms with Gasteiger partial charge in [0.05, 0.1) is 11.6 Å². The van der Waals surface area contributed by atoms with Crippen LogP contribution < -0.4 is 10.5 Å². The molecule has 2 aliphatic rings. The zero-order valence-corrected chi connectivity index (χ0v) is 16.6. The van der Waals surface area contributed by atoms with Crippen molar-refractivity contribution < 1.29 is 18.7 Å². The van der Waals surface area contributed by atoms with Gasteiger partial charge in [-0.1, -0.05) is 12.1 Å². The molecule has 5 rings (SSSR count). The standard InChI is InChI=1S/C23H25FN2O4/c24-17-5-7-18(8-6-17)29-22-12-16-14-25(13-15(16)11-20(22)27)9-10-26-19-3-1-2-4-21(19)30-23(26)28/h1-8,15-16,20,22,27H,9-14H2/t15-,16+,20+,22+/m0/s1. The van der Waals surface area contributed by atoms with Crippen LogP contribution in [0.1, 0.15) is 12.8 Å². The zero-order chi connectivity index (χ0) is 20.7. The number of aliphatic hydroxyl groups excluding tert-OH is 1. The number of hydrogen-bond acceptors (Lipinski definition) is 5. The average molecular weight is 412 g/mol. The lowest BCUT2D eigenvalue weighted by Crippen LogP contribution is -2.42. The summed E-state index contributed by atoms with van der Waals surface area (Å²) < 4.78 is 26.1. The van der Waals surface area contributed by atoms with Crippen molar-refractivity contribution in [2.45, 2.75) is 31.6 Å². The third-order valence-electron chi connectivity index (χ3n) is 6.48. The zero-order valence-electron chi connectivity index (χ0n) is 16.6. The van der Waals surface area contributed by atoms with Gasteiger partial charge in [-0.25, -0.2) is 9.18 Å². The number of ether oxygens (including phenoxy) is 1. The summed E-state index contributed by atoms with van der Waals surface area (Å²) in [5.41, 5.74) is 1.43. The second kappa shape index (κ2) is 7.89. The third-order valence-corrected chi connectivity index (χ3v) is 6.48. The van der Waals surface area contributed by atoms with Gasteiger partial charge in [0.25, 0.3) is 0 Å². The largest absolute Gasteiger partial charge is 0.488 e. The average Bonchev–Trinajstić information content (AvgIpc) is 3.27. The fourth-order valence-electron chi connectivity index (χ4n) is 4.95. The molecule has 30 heavy (non-hydrogen) atoms. The lowest BCUT2D eigenvalue weighted by Gasteiger charge is -2.35. The summed E-state index contributed by atoms with van der Waals surface area (Å²) in [6, 6.07) is 13.4. The van der Waals surface area contributed by atoms with E-state index in [9.17, 15) is 14.3 Å². The number of nitrogens with zero attached hydrogens (tertiary/aromatic N) is 2. The number of rotatable bonds is 5. The van der Waals surface area contributed by atoms with Gasteiger partial charge in [0, 0.05) is 26.2 Å². The molecule has 158 valence electrons. The molecular weight excluding hydrogens is 387 g/mol. The Morgan fingerprint density at radius 2 is 1.77 bits per heavy atom. The number of halogens is 1. The number of benzene rings is 2. The fraction of sp³-hybridized carbons (Fsp3) is 0.435. The quantitative estimate of drug-likeness (QED) is 0.698. The molecule has 6 nitrogen and oxygen atoms in total. The Hall–Kier alpha value is -2.64. The number of fused-ring (bicyclic) bond motifs is 2. The van der Waals surface area contributed by atoms with E-state index in [0.717, 1.165) is 31.6 Å². The normalized spacial score (nSPS) is 26.7. The summed E-state index contributed by atoms with van der Waals surface area (Å²) in [4.78, 5) is 14.5. The van der Waals surface area contributed by atoms with Gasteiger partial charge in [-0.15, -0.1) is 0 Å². The summed E-state index contributed by atoms with van der Waals surface area (Å²) in [6.07, 6.45) is 0.657. The van der Waals surface area contributed by atoms with E-state index in [4.69, 9.17) is 9.15 Å². The van der Waals surface area contributed by atoms with Gasteiger partial charge in [0.1, 0.15) is 17.7 Å². The molecule has 0 unspecified atom stereocenters. The first kappa shape index (κ1) is 19.3. The minimum atomic E-state index is -0.531. The highest BCUT2D eigenvalue weighted by molar-refractivity contribution is 5.72. The predicted molar refractivity (Wildman–Crippen MR) is 110 cm³/mol. The molecule has 1 aliphatic carbocycles. The highest BCUT2D eigenvalue weighted by Gasteiger charge is 2.42. The summed E-state index contributed by atoms with van der Waals surface area (Å²) in [6.45, 7) is 3.17. The maximum absolute atomic E-state index is 13.1. The van der Waals surface area contributed by atoms with Crippen LogP contribution in [0.15, 0.2) is 57.7 Å². The minimum Gasteiger partial charge on any atom is -0.488 e. The molecule has 0 bridgehead atoms. The van der Waals surface area contributed by atoms with E-state index in [1.54, 1.807) is 22.8 Å². The molecule has 3 aromatic rings. The first-order chi connectivity index (χ1) is 14.6. The van der Waals surface area contributed by atoms with Crippen LogP contribution in [0.3, 0.4) is 0 Å². The molecule has 2 fully saturated rings. The van der Waals surface area contributed by atoms with Crippen molar-refractivity contribution in [1.29, 1.82) is 0 Å². The van der Waals surface area contributed by atoms with Crippen molar-refractivity contribution in [2.75, 3.05) is 19.6 Å². The Morgan fingerprint density at radius 3 is 2.57 bits per heavy atom. The van der Waals surface area contributed by atoms with Crippen molar-refractivity contribution in [3.05, 3.63) is 64.9 Å². The molecule has 0 amide bonds. The first-order valence-electron chi connectivity index (χ1n) is 10.5. The number of aromatic nitrogens is 1. The van der Waals surface area contributed by atoms with Crippen LogP contribution in [-0.4, -0.2) is 46.4 Å². The molecule has 4 atom stereocenters. The smallest absolute Gasteiger partial charge is 0.419 e. The second-order valence-electron chi connectivity index (χ2n) is 8.42. The molecule has 1 aliphatic heterocycles. The molecular formula is C23H25FN2O4. The van der Waals surface area contributed by atoms with E-state index in [0.29, 0.717) is 36.1 Å². The summed E-state index contributed by atoms with van der Waals surface area (Å²) >= 11 is 0. The molecule has 2 aromatic carbocycles. The molecule has 1 aromatic heterocycles. The van der Waals surface area contributed by atoms with Gasteiger partial charge in [-0.2, -0.15) is 0 Å². The second-order valence-corrected chi connectivity index (χ2v) is 8.42. The molecule has 2 heterocycles. The van der Waals surface area contributed by atoms with Gasteiger partial charge in [0.15, 0.2) is 5.58 Å².